The molecule has 0 saturated heterocycles. The minimum atomic E-state index is -0.479. The summed E-state index contributed by atoms with van der Waals surface area (Å²) < 4.78 is 10.9. The molecule has 0 aliphatic heterocycles. The molecule has 0 N–H and O–H groups in total. The molecule has 43 heavy (non-hydrogen) atoms. The Bertz CT molecular complexity index is 1420. The van der Waals surface area contributed by atoms with Crippen LogP contribution in [0.15, 0.2) is 91.0 Å². The van der Waals surface area contributed by atoms with Crippen LogP contribution in [0.4, 0.5) is 0 Å². The van der Waals surface area contributed by atoms with Gasteiger partial charge < -0.3 is 19.3 Å². The maximum Gasteiger partial charge on any atom is 0.242 e. The minimum Gasteiger partial charge on any atom is -0.493 e. The fraction of sp³-hybridized carbons (Fsp3) is 0.333. The van der Waals surface area contributed by atoms with Crippen molar-refractivity contribution in [2.24, 2.45) is 0 Å². The van der Waals surface area contributed by atoms with E-state index in [1.54, 1.807) is 30.5 Å². The molecule has 0 aliphatic rings. The minimum absolute atomic E-state index is 0.0330. The molecule has 0 spiro atoms. The number of aryl methyl sites for hydroxylation is 1. The van der Waals surface area contributed by atoms with E-state index < -0.39 is 5.92 Å². The van der Waals surface area contributed by atoms with Gasteiger partial charge in [-0.25, -0.2) is 0 Å². The largest absolute Gasteiger partial charge is 0.493 e. The van der Waals surface area contributed by atoms with E-state index in [1.165, 1.54) is 4.88 Å². The number of hydrogen-bond donors (Lipinski definition) is 0. The van der Waals surface area contributed by atoms with E-state index in [0.29, 0.717) is 37.6 Å². The summed E-state index contributed by atoms with van der Waals surface area (Å²) in [5.41, 5.74) is 2.89. The molecule has 3 aromatic carbocycles. The number of carbonyl (C=O) groups excluding carboxylic acids is 2. The highest BCUT2D eigenvalue weighted by Gasteiger charge is 2.30. The average molecular weight is 599 g/mol. The van der Waals surface area contributed by atoms with E-state index in [0.717, 1.165) is 34.4 Å². The van der Waals surface area contributed by atoms with Crippen molar-refractivity contribution < 1.29 is 19.1 Å². The number of benzene rings is 3. The van der Waals surface area contributed by atoms with Crippen LogP contribution in [0.1, 0.15) is 52.1 Å². The first-order valence-electron chi connectivity index (χ1n) is 14.9. The molecule has 2 amide bonds. The number of rotatable bonds is 15. The highest BCUT2D eigenvalue weighted by Crippen LogP contribution is 2.29. The highest BCUT2D eigenvalue weighted by molar-refractivity contribution is 7.11. The fourth-order valence-electron chi connectivity index (χ4n) is 5.18. The summed E-state index contributed by atoms with van der Waals surface area (Å²) in [7, 11) is 3.24. The van der Waals surface area contributed by atoms with Gasteiger partial charge in [-0.05, 0) is 60.7 Å². The van der Waals surface area contributed by atoms with E-state index in [4.69, 9.17) is 9.47 Å². The van der Waals surface area contributed by atoms with Crippen molar-refractivity contribution in [2.45, 2.75) is 45.6 Å². The van der Waals surface area contributed by atoms with Gasteiger partial charge in [0.2, 0.25) is 11.8 Å². The van der Waals surface area contributed by atoms with Crippen LogP contribution >= 0.6 is 11.3 Å². The standard InChI is InChI=1S/C36H42N2O4S/c1-5-6-22-38(36(40)35(29-13-9-7-10-14-29)30-15-11-8-12-16-30)26-34(39)37(25-31-19-17-27(2)43-31)23-21-28-18-20-32(41-3)33(24-28)42-4/h7-20,24,35H,5-6,21-23,25-26H2,1-4H3. The van der Waals surface area contributed by atoms with Crippen LogP contribution in [0.5, 0.6) is 11.5 Å². The Labute approximate surface area is 259 Å². The Kier molecular flexibility index (Phi) is 11.8. The summed E-state index contributed by atoms with van der Waals surface area (Å²) in [5, 5.41) is 0. The van der Waals surface area contributed by atoms with Crippen LogP contribution in [0.3, 0.4) is 0 Å². The maximum atomic E-state index is 14.3. The van der Waals surface area contributed by atoms with E-state index in [-0.39, 0.29) is 18.4 Å². The van der Waals surface area contributed by atoms with Gasteiger partial charge in [-0.3, -0.25) is 9.59 Å². The summed E-state index contributed by atoms with van der Waals surface area (Å²) in [6.07, 6.45) is 2.40. The van der Waals surface area contributed by atoms with Gasteiger partial charge in [0.05, 0.1) is 33.2 Å². The molecule has 0 fully saturated rings. The first kappa shape index (κ1) is 31.8. The summed E-state index contributed by atoms with van der Waals surface area (Å²) in [5.74, 6) is 0.745. The normalized spacial score (nSPS) is 10.9. The molecule has 0 bridgehead atoms. The lowest BCUT2D eigenvalue weighted by atomic mass is 9.90. The maximum absolute atomic E-state index is 14.3. The zero-order chi connectivity index (χ0) is 30.6. The van der Waals surface area contributed by atoms with Crippen molar-refractivity contribution in [3.8, 4) is 11.5 Å². The monoisotopic (exact) mass is 598 g/mol. The smallest absolute Gasteiger partial charge is 0.242 e. The molecule has 0 radical (unpaired) electrons. The number of hydrogen-bond acceptors (Lipinski definition) is 5. The molecule has 0 aliphatic carbocycles. The zero-order valence-corrected chi connectivity index (χ0v) is 26.4. The molecule has 1 aromatic heterocycles. The van der Waals surface area contributed by atoms with Crippen molar-refractivity contribution in [1.29, 1.82) is 0 Å². The Balaban J connectivity index is 1.59. The Hall–Kier alpha value is -4.10. The van der Waals surface area contributed by atoms with Crippen LogP contribution in [-0.2, 0) is 22.6 Å². The fourth-order valence-corrected chi connectivity index (χ4v) is 6.09. The molecule has 6 nitrogen and oxygen atoms in total. The summed E-state index contributed by atoms with van der Waals surface area (Å²) >= 11 is 1.69. The molecule has 0 atom stereocenters. The zero-order valence-electron chi connectivity index (χ0n) is 25.6. The molecule has 1 heterocycles. The topological polar surface area (TPSA) is 59.1 Å². The second kappa shape index (κ2) is 15.9. The second-order valence-corrected chi connectivity index (χ2v) is 12.0. The number of amides is 2. The van der Waals surface area contributed by atoms with Crippen LogP contribution in [0.25, 0.3) is 0 Å². The van der Waals surface area contributed by atoms with Gasteiger partial charge in [0.15, 0.2) is 11.5 Å². The summed E-state index contributed by atoms with van der Waals surface area (Å²) in [6.45, 7) is 5.75. The molecule has 226 valence electrons. The molecule has 4 aromatic rings. The van der Waals surface area contributed by atoms with Crippen LogP contribution in [-0.4, -0.2) is 55.5 Å². The van der Waals surface area contributed by atoms with Crippen molar-refractivity contribution in [2.75, 3.05) is 33.9 Å². The number of carbonyl (C=O) groups is 2. The molecular formula is C36H42N2O4S. The Morgan fingerprint density at radius 2 is 1.44 bits per heavy atom. The quantitative estimate of drug-likeness (QED) is 0.146. The predicted octanol–water partition coefficient (Wildman–Crippen LogP) is 7.11. The van der Waals surface area contributed by atoms with Gasteiger partial charge in [0.25, 0.3) is 0 Å². The molecule has 4 rings (SSSR count). The first-order valence-corrected chi connectivity index (χ1v) is 15.7. The van der Waals surface area contributed by atoms with Crippen molar-refractivity contribution in [3.63, 3.8) is 0 Å². The number of ether oxygens (including phenoxy) is 2. The van der Waals surface area contributed by atoms with Gasteiger partial charge in [-0.2, -0.15) is 0 Å². The van der Waals surface area contributed by atoms with Crippen LogP contribution < -0.4 is 9.47 Å². The van der Waals surface area contributed by atoms with E-state index in [2.05, 4.69) is 26.0 Å². The SMILES string of the molecule is CCCCN(CC(=O)N(CCc1ccc(OC)c(OC)c1)Cc1ccc(C)s1)C(=O)C(c1ccccc1)c1ccccc1. The lowest BCUT2D eigenvalue weighted by Crippen LogP contribution is -2.45. The van der Waals surface area contributed by atoms with Gasteiger partial charge >= 0.3 is 0 Å². The van der Waals surface area contributed by atoms with Crippen LogP contribution in [0, 0.1) is 6.92 Å². The summed E-state index contributed by atoms with van der Waals surface area (Å²) in [4.78, 5) is 34.3. The third-order valence-corrected chi connectivity index (χ3v) is 8.53. The average Bonchev–Trinajstić information content (AvgIpc) is 3.46. The summed E-state index contributed by atoms with van der Waals surface area (Å²) in [6, 6.07) is 29.7. The predicted molar refractivity (Wildman–Crippen MR) is 174 cm³/mol. The van der Waals surface area contributed by atoms with Gasteiger partial charge in [-0.1, -0.05) is 80.1 Å². The Morgan fingerprint density at radius 3 is 2.00 bits per heavy atom. The molecule has 0 saturated carbocycles. The second-order valence-electron chi connectivity index (χ2n) is 10.6. The first-order chi connectivity index (χ1) is 20.9. The van der Waals surface area contributed by atoms with E-state index in [9.17, 15) is 9.59 Å². The van der Waals surface area contributed by atoms with Crippen molar-refractivity contribution in [3.05, 3.63) is 117 Å². The third-order valence-electron chi connectivity index (χ3n) is 7.55. The third kappa shape index (κ3) is 8.71. The van der Waals surface area contributed by atoms with Gasteiger partial charge in [0.1, 0.15) is 0 Å². The van der Waals surface area contributed by atoms with Crippen molar-refractivity contribution >= 4 is 23.2 Å². The lowest BCUT2D eigenvalue weighted by molar-refractivity contribution is -0.141. The van der Waals surface area contributed by atoms with E-state index in [1.807, 2.05) is 83.8 Å². The van der Waals surface area contributed by atoms with Gasteiger partial charge in [0, 0.05) is 22.8 Å². The van der Waals surface area contributed by atoms with Crippen molar-refractivity contribution in [1.82, 2.24) is 9.80 Å². The highest BCUT2D eigenvalue weighted by atomic mass is 32.1. The number of unbranched alkanes of at least 4 members (excludes halogenated alkanes) is 1. The molecular weight excluding hydrogens is 556 g/mol. The van der Waals surface area contributed by atoms with E-state index >= 15 is 0 Å². The van der Waals surface area contributed by atoms with Crippen LogP contribution in [0.2, 0.25) is 0 Å². The van der Waals surface area contributed by atoms with Gasteiger partial charge in [-0.15, -0.1) is 11.3 Å². The number of methoxy groups -OCH3 is 2. The lowest BCUT2D eigenvalue weighted by Gasteiger charge is -2.30. The molecule has 0 unspecified atom stereocenters. The number of thiophene rings is 1. The Morgan fingerprint density at radius 1 is 0.791 bits per heavy atom. The number of nitrogens with zero attached hydrogens (tertiary/aromatic N) is 2. The molecule has 7 heteroatoms.